The lowest BCUT2D eigenvalue weighted by Crippen LogP contribution is -2.34. The molecule has 2 unspecified atom stereocenters. The fourth-order valence-corrected chi connectivity index (χ4v) is 1.33. The third-order valence-electron chi connectivity index (χ3n) is 2.16. The Balaban J connectivity index is 3.12. The van der Waals surface area contributed by atoms with Gasteiger partial charge in [-0.15, -0.1) is 0 Å². The molecule has 16 heavy (non-hydrogen) atoms. The van der Waals surface area contributed by atoms with Crippen LogP contribution < -0.4 is 11.5 Å². The van der Waals surface area contributed by atoms with E-state index in [2.05, 4.69) is 0 Å². The van der Waals surface area contributed by atoms with Gasteiger partial charge in [-0.3, -0.25) is 10.2 Å². The summed E-state index contributed by atoms with van der Waals surface area (Å²) in [5.41, 5.74) is 10.6. The number of hydrogen-bond donors (Lipinski definition) is 5. The molecule has 0 saturated carbocycles. The van der Waals surface area contributed by atoms with Gasteiger partial charge in [0.15, 0.2) is 6.10 Å². The van der Waals surface area contributed by atoms with Gasteiger partial charge < -0.3 is 21.7 Å². The molecule has 0 heterocycles. The molecule has 6 nitrogen and oxygen atoms in total. The van der Waals surface area contributed by atoms with Gasteiger partial charge >= 0.3 is 0 Å². The second kappa shape index (κ2) is 4.73. The van der Waals surface area contributed by atoms with E-state index in [0.29, 0.717) is 0 Å². The molecule has 0 saturated heterocycles. The lowest BCUT2D eigenvalue weighted by atomic mass is 9.98. The number of hydrogen-bond acceptors (Lipinski definition) is 4. The van der Waals surface area contributed by atoms with Gasteiger partial charge in [0.2, 0.25) is 5.91 Å². The minimum absolute atomic E-state index is 0.196. The Hall–Kier alpha value is -1.92. The van der Waals surface area contributed by atoms with E-state index in [9.17, 15) is 15.0 Å². The molecule has 7 N–H and O–H groups in total. The second-order valence-electron chi connectivity index (χ2n) is 3.29. The summed E-state index contributed by atoms with van der Waals surface area (Å²) >= 11 is 0. The number of nitrogens with one attached hydrogen (secondary N) is 1. The lowest BCUT2D eigenvalue weighted by Gasteiger charge is -2.17. The number of aliphatic hydroxyl groups is 2. The molecule has 0 bridgehead atoms. The summed E-state index contributed by atoms with van der Waals surface area (Å²) in [4.78, 5) is 10.7. The molecule has 1 amide bonds. The fraction of sp³-hybridized carbons (Fsp3) is 0.200. The number of carbonyl (C=O) groups is 1. The Morgan fingerprint density at radius 1 is 1.25 bits per heavy atom. The number of benzene rings is 1. The molecule has 0 radical (unpaired) electrons. The van der Waals surface area contributed by atoms with Crippen molar-refractivity contribution >= 4 is 11.7 Å². The van der Waals surface area contributed by atoms with Gasteiger partial charge in [-0.05, 0) is 5.56 Å². The topological polar surface area (TPSA) is 133 Å². The number of rotatable bonds is 4. The number of nitrogen functional groups attached to an aromatic ring is 1. The van der Waals surface area contributed by atoms with E-state index in [4.69, 9.17) is 16.9 Å². The molecule has 0 aliphatic carbocycles. The van der Waals surface area contributed by atoms with Crippen LogP contribution in [0.15, 0.2) is 24.3 Å². The zero-order valence-corrected chi connectivity index (χ0v) is 8.42. The maximum absolute atomic E-state index is 10.7. The first-order chi connectivity index (χ1) is 7.45. The highest BCUT2D eigenvalue weighted by Gasteiger charge is 2.25. The van der Waals surface area contributed by atoms with Gasteiger partial charge in [0.05, 0.1) is 0 Å². The van der Waals surface area contributed by atoms with Gasteiger partial charge in [0, 0.05) is 5.56 Å². The predicted molar refractivity (Wildman–Crippen MR) is 57.6 cm³/mol. The Morgan fingerprint density at radius 2 is 1.81 bits per heavy atom. The summed E-state index contributed by atoms with van der Waals surface area (Å²) in [7, 11) is 0. The number of amides is 1. The standard InChI is InChI=1S/C10H13N3O3/c11-9(12)6-4-2-1-3-5(6)7(14)8(15)10(13)16/h1-4,7-8,14-15H,(H3,11,12)(H2,13,16). The van der Waals surface area contributed by atoms with E-state index in [1.807, 2.05) is 0 Å². The summed E-state index contributed by atoms with van der Waals surface area (Å²) in [6, 6.07) is 6.20. The normalized spacial score (nSPS) is 14.1. The Labute approximate surface area is 92.0 Å². The highest BCUT2D eigenvalue weighted by atomic mass is 16.3. The minimum Gasteiger partial charge on any atom is -0.385 e. The highest BCUT2D eigenvalue weighted by molar-refractivity contribution is 5.96. The third-order valence-corrected chi connectivity index (χ3v) is 2.16. The zero-order valence-electron chi connectivity index (χ0n) is 8.42. The Kier molecular flexibility index (Phi) is 3.60. The fourth-order valence-electron chi connectivity index (χ4n) is 1.33. The molecule has 1 aromatic carbocycles. The van der Waals surface area contributed by atoms with Crippen molar-refractivity contribution in [3.8, 4) is 0 Å². The molecule has 0 aromatic heterocycles. The molecule has 0 aliphatic heterocycles. The lowest BCUT2D eigenvalue weighted by molar-refractivity contribution is -0.131. The number of nitrogens with two attached hydrogens (primary N) is 2. The first-order valence-corrected chi connectivity index (χ1v) is 4.54. The summed E-state index contributed by atoms with van der Waals surface area (Å²) in [6.45, 7) is 0. The highest BCUT2D eigenvalue weighted by Crippen LogP contribution is 2.20. The smallest absolute Gasteiger partial charge is 0.249 e. The van der Waals surface area contributed by atoms with Crippen molar-refractivity contribution in [3.05, 3.63) is 35.4 Å². The first-order valence-electron chi connectivity index (χ1n) is 4.54. The maximum atomic E-state index is 10.7. The summed E-state index contributed by atoms with van der Waals surface area (Å²) in [5, 5.41) is 26.3. The first kappa shape index (κ1) is 12.2. The Morgan fingerprint density at radius 3 is 2.31 bits per heavy atom. The van der Waals surface area contributed by atoms with Gasteiger partial charge in [0.1, 0.15) is 11.9 Å². The summed E-state index contributed by atoms with van der Waals surface area (Å²) < 4.78 is 0. The summed E-state index contributed by atoms with van der Waals surface area (Å²) in [5.74, 6) is -1.29. The van der Waals surface area contributed by atoms with Crippen LogP contribution in [0.2, 0.25) is 0 Å². The third kappa shape index (κ3) is 2.36. The van der Waals surface area contributed by atoms with Crippen molar-refractivity contribution in [1.29, 1.82) is 5.41 Å². The van der Waals surface area contributed by atoms with Crippen molar-refractivity contribution in [2.24, 2.45) is 11.5 Å². The number of amidine groups is 1. The average Bonchev–Trinajstić information content (AvgIpc) is 2.26. The molecule has 2 atom stereocenters. The molecule has 1 rings (SSSR count). The largest absolute Gasteiger partial charge is 0.385 e. The van der Waals surface area contributed by atoms with Crippen molar-refractivity contribution < 1.29 is 15.0 Å². The van der Waals surface area contributed by atoms with Crippen LogP contribution in [0, 0.1) is 5.41 Å². The SMILES string of the molecule is N=C(N)c1ccccc1C(O)C(O)C(N)=O. The van der Waals surface area contributed by atoms with Crippen LogP contribution in [0.3, 0.4) is 0 Å². The van der Waals surface area contributed by atoms with E-state index >= 15 is 0 Å². The van der Waals surface area contributed by atoms with Crippen LogP contribution in [0.1, 0.15) is 17.2 Å². The molecule has 0 fully saturated rings. The minimum atomic E-state index is -1.72. The van der Waals surface area contributed by atoms with E-state index in [1.165, 1.54) is 12.1 Å². The van der Waals surface area contributed by atoms with Crippen LogP contribution in [-0.2, 0) is 4.79 Å². The number of carbonyl (C=O) groups excluding carboxylic acids is 1. The van der Waals surface area contributed by atoms with Crippen molar-refractivity contribution in [3.63, 3.8) is 0 Å². The predicted octanol–water partition coefficient (Wildman–Crippen LogP) is -1.15. The molecule has 1 aromatic rings. The molecular weight excluding hydrogens is 210 g/mol. The van der Waals surface area contributed by atoms with Crippen LogP contribution in [0.25, 0.3) is 0 Å². The zero-order chi connectivity index (χ0) is 12.3. The molecular formula is C10H13N3O3. The number of primary amides is 1. The number of aliphatic hydroxyl groups excluding tert-OH is 2. The van der Waals surface area contributed by atoms with Crippen LogP contribution >= 0.6 is 0 Å². The van der Waals surface area contributed by atoms with Crippen LogP contribution in [0.4, 0.5) is 0 Å². The van der Waals surface area contributed by atoms with E-state index in [-0.39, 0.29) is 17.0 Å². The molecule has 86 valence electrons. The molecule has 0 aliphatic rings. The maximum Gasteiger partial charge on any atom is 0.249 e. The van der Waals surface area contributed by atoms with Crippen molar-refractivity contribution in [1.82, 2.24) is 0 Å². The van der Waals surface area contributed by atoms with Crippen LogP contribution in [-0.4, -0.2) is 28.1 Å². The van der Waals surface area contributed by atoms with E-state index in [0.717, 1.165) is 0 Å². The van der Waals surface area contributed by atoms with E-state index < -0.39 is 18.1 Å². The quantitative estimate of drug-likeness (QED) is 0.325. The molecule has 0 spiro atoms. The Bertz CT molecular complexity index is 420. The van der Waals surface area contributed by atoms with Crippen molar-refractivity contribution in [2.75, 3.05) is 0 Å². The summed E-state index contributed by atoms with van der Waals surface area (Å²) in [6.07, 6.45) is -3.21. The van der Waals surface area contributed by atoms with Gasteiger partial charge in [0.25, 0.3) is 0 Å². The van der Waals surface area contributed by atoms with Gasteiger partial charge in [-0.2, -0.15) is 0 Å². The van der Waals surface area contributed by atoms with Gasteiger partial charge in [-0.25, -0.2) is 0 Å². The molecule has 6 heteroatoms. The monoisotopic (exact) mass is 223 g/mol. The van der Waals surface area contributed by atoms with E-state index in [1.54, 1.807) is 12.1 Å². The van der Waals surface area contributed by atoms with Crippen LogP contribution in [0.5, 0.6) is 0 Å². The van der Waals surface area contributed by atoms with Crippen molar-refractivity contribution in [2.45, 2.75) is 12.2 Å². The second-order valence-corrected chi connectivity index (χ2v) is 3.29. The van der Waals surface area contributed by atoms with Gasteiger partial charge in [-0.1, -0.05) is 24.3 Å². The average molecular weight is 223 g/mol.